The van der Waals surface area contributed by atoms with E-state index in [1.54, 1.807) is 17.0 Å². The summed E-state index contributed by atoms with van der Waals surface area (Å²) in [7, 11) is 0. The van der Waals surface area contributed by atoms with E-state index in [2.05, 4.69) is 0 Å². The Kier molecular flexibility index (Phi) is 3.90. The molecule has 3 rings (SSSR count). The number of aliphatic hydroxyl groups is 1. The van der Waals surface area contributed by atoms with E-state index in [0.717, 1.165) is 0 Å². The van der Waals surface area contributed by atoms with E-state index in [-0.39, 0.29) is 18.1 Å². The maximum absolute atomic E-state index is 13.3. The monoisotopic (exact) mass is 303 g/mol. The lowest BCUT2D eigenvalue weighted by Crippen LogP contribution is -2.37. The Labute approximate surface area is 126 Å². The summed E-state index contributed by atoms with van der Waals surface area (Å²) >= 11 is 0. The van der Waals surface area contributed by atoms with Gasteiger partial charge in [-0.3, -0.25) is 4.79 Å². The molecule has 1 aliphatic heterocycles. The quantitative estimate of drug-likeness (QED) is 0.926. The van der Waals surface area contributed by atoms with Gasteiger partial charge in [0.15, 0.2) is 0 Å². The molecule has 2 aromatic carbocycles. The molecule has 1 amide bonds. The van der Waals surface area contributed by atoms with Crippen molar-refractivity contribution >= 4 is 11.6 Å². The van der Waals surface area contributed by atoms with Crippen LogP contribution in [0.25, 0.3) is 0 Å². The molecule has 0 saturated heterocycles. The third-order valence-electron chi connectivity index (χ3n) is 3.84. The summed E-state index contributed by atoms with van der Waals surface area (Å²) in [6, 6.07) is 9.80. The number of benzene rings is 2. The molecule has 0 aromatic heterocycles. The van der Waals surface area contributed by atoms with Crippen LogP contribution in [0, 0.1) is 11.6 Å². The smallest absolute Gasteiger partial charge is 0.231 e. The number of hydrogen-bond acceptors (Lipinski definition) is 2. The largest absolute Gasteiger partial charge is 0.388 e. The Morgan fingerprint density at radius 3 is 2.55 bits per heavy atom. The first-order valence-corrected chi connectivity index (χ1v) is 7.07. The Morgan fingerprint density at radius 2 is 1.82 bits per heavy atom. The number of carbonyl (C=O) groups is 1. The van der Waals surface area contributed by atoms with Gasteiger partial charge in [0.1, 0.15) is 11.6 Å². The highest BCUT2D eigenvalue weighted by Crippen LogP contribution is 2.34. The van der Waals surface area contributed by atoms with Crippen LogP contribution in [0.4, 0.5) is 14.5 Å². The molecule has 0 saturated carbocycles. The van der Waals surface area contributed by atoms with Crippen molar-refractivity contribution in [1.82, 2.24) is 0 Å². The van der Waals surface area contributed by atoms with E-state index >= 15 is 0 Å². The van der Waals surface area contributed by atoms with Gasteiger partial charge in [-0.15, -0.1) is 0 Å². The van der Waals surface area contributed by atoms with Gasteiger partial charge in [-0.2, -0.15) is 0 Å². The van der Waals surface area contributed by atoms with Gasteiger partial charge in [-0.1, -0.05) is 12.1 Å². The third kappa shape index (κ3) is 2.85. The van der Waals surface area contributed by atoms with Crippen LogP contribution in [0.15, 0.2) is 42.5 Å². The molecular formula is C17H15F2NO2. The average molecular weight is 303 g/mol. The van der Waals surface area contributed by atoms with E-state index in [0.29, 0.717) is 29.8 Å². The predicted molar refractivity (Wildman–Crippen MR) is 78.4 cm³/mol. The number of fused-ring (bicyclic) bond motifs is 1. The lowest BCUT2D eigenvalue weighted by Gasteiger charge is -2.32. The lowest BCUT2D eigenvalue weighted by molar-refractivity contribution is -0.118. The SMILES string of the molecule is O=C(Cc1ccc(F)cc1)N1CCC(O)c2cc(F)ccc21. The molecule has 0 spiro atoms. The molecule has 22 heavy (non-hydrogen) atoms. The normalized spacial score (nSPS) is 17.2. The predicted octanol–water partition coefficient (Wildman–Crippen LogP) is 2.98. The van der Waals surface area contributed by atoms with Crippen LogP contribution in [0.5, 0.6) is 0 Å². The van der Waals surface area contributed by atoms with Gasteiger partial charge in [0.2, 0.25) is 5.91 Å². The number of nitrogens with zero attached hydrogens (tertiary/aromatic N) is 1. The molecule has 2 aromatic rings. The number of rotatable bonds is 2. The first-order chi connectivity index (χ1) is 10.5. The second-order valence-electron chi connectivity index (χ2n) is 5.36. The minimum Gasteiger partial charge on any atom is -0.388 e. The lowest BCUT2D eigenvalue weighted by atomic mass is 9.98. The van der Waals surface area contributed by atoms with Gasteiger partial charge < -0.3 is 10.0 Å². The second-order valence-corrected chi connectivity index (χ2v) is 5.36. The Morgan fingerprint density at radius 1 is 1.14 bits per heavy atom. The van der Waals surface area contributed by atoms with Crippen molar-refractivity contribution in [3.05, 3.63) is 65.2 Å². The minimum absolute atomic E-state index is 0.132. The zero-order valence-electron chi connectivity index (χ0n) is 11.8. The number of carbonyl (C=O) groups excluding carboxylic acids is 1. The topological polar surface area (TPSA) is 40.5 Å². The number of hydrogen-bond donors (Lipinski definition) is 1. The summed E-state index contributed by atoms with van der Waals surface area (Å²) in [4.78, 5) is 14.0. The minimum atomic E-state index is -0.763. The Hall–Kier alpha value is -2.27. The summed E-state index contributed by atoms with van der Waals surface area (Å²) in [6.07, 6.45) is -0.265. The van der Waals surface area contributed by atoms with Gasteiger partial charge in [-0.05, 0) is 42.3 Å². The van der Waals surface area contributed by atoms with Gasteiger partial charge in [-0.25, -0.2) is 8.78 Å². The Bertz CT molecular complexity index is 700. The molecule has 0 bridgehead atoms. The summed E-state index contributed by atoms with van der Waals surface area (Å²) in [5.74, 6) is -0.949. The van der Waals surface area contributed by atoms with Crippen molar-refractivity contribution in [2.24, 2.45) is 0 Å². The number of aliphatic hydroxyl groups excluding tert-OH is 1. The summed E-state index contributed by atoms with van der Waals surface area (Å²) < 4.78 is 26.2. The maximum atomic E-state index is 13.3. The molecule has 1 unspecified atom stereocenters. The fourth-order valence-electron chi connectivity index (χ4n) is 2.70. The molecule has 5 heteroatoms. The molecule has 0 fully saturated rings. The molecule has 1 aliphatic rings. The number of amides is 1. The van der Waals surface area contributed by atoms with Gasteiger partial charge >= 0.3 is 0 Å². The highest BCUT2D eigenvalue weighted by Gasteiger charge is 2.27. The van der Waals surface area contributed by atoms with Crippen LogP contribution in [0.3, 0.4) is 0 Å². The molecular weight excluding hydrogens is 288 g/mol. The van der Waals surface area contributed by atoms with Crippen LogP contribution < -0.4 is 4.90 Å². The molecule has 0 aliphatic carbocycles. The van der Waals surface area contributed by atoms with Crippen LogP contribution in [-0.2, 0) is 11.2 Å². The van der Waals surface area contributed by atoms with Crippen molar-refractivity contribution in [2.45, 2.75) is 18.9 Å². The van der Waals surface area contributed by atoms with Crippen LogP contribution in [0.2, 0.25) is 0 Å². The van der Waals surface area contributed by atoms with E-state index in [9.17, 15) is 18.7 Å². The van der Waals surface area contributed by atoms with Gasteiger partial charge in [0.05, 0.1) is 12.5 Å². The molecule has 3 nitrogen and oxygen atoms in total. The third-order valence-corrected chi connectivity index (χ3v) is 3.84. The molecule has 1 N–H and O–H groups in total. The summed E-state index contributed by atoms with van der Waals surface area (Å²) in [5.41, 5.74) is 1.67. The molecule has 1 heterocycles. The average Bonchev–Trinajstić information content (AvgIpc) is 2.50. The molecule has 0 radical (unpaired) electrons. The van der Waals surface area contributed by atoms with E-state index in [1.165, 1.54) is 30.3 Å². The van der Waals surface area contributed by atoms with Crippen molar-refractivity contribution in [3.63, 3.8) is 0 Å². The standard InChI is InChI=1S/C17H15F2NO2/c18-12-3-1-11(2-4-12)9-17(22)20-8-7-16(21)14-10-13(19)5-6-15(14)20/h1-6,10,16,21H,7-9H2. The number of anilines is 1. The second kappa shape index (κ2) is 5.85. The van der Waals surface area contributed by atoms with E-state index in [1.807, 2.05) is 0 Å². The van der Waals surface area contributed by atoms with Crippen LogP contribution >= 0.6 is 0 Å². The number of halogens is 2. The summed E-state index contributed by atoms with van der Waals surface area (Å²) in [5, 5.41) is 9.96. The van der Waals surface area contributed by atoms with Gasteiger partial charge in [0, 0.05) is 17.8 Å². The Balaban J connectivity index is 1.85. The summed E-state index contributed by atoms with van der Waals surface area (Å²) in [6.45, 7) is 0.375. The first-order valence-electron chi connectivity index (χ1n) is 7.07. The van der Waals surface area contributed by atoms with E-state index < -0.39 is 11.9 Å². The fourth-order valence-corrected chi connectivity index (χ4v) is 2.70. The van der Waals surface area contributed by atoms with Crippen molar-refractivity contribution in [1.29, 1.82) is 0 Å². The molecule has 114 valence electrons. The van der Waals surface area contributed by atoms with Crippen molar-refractivity contribution in [2.75, 3.05) is 11.4 Å². The zero-order chi connectivity index (χ0) is 15.7. The van der Waals surface area contributed by atoms with Crippen LogP contribution in [-0.4, -0.2) is 17.6 Å². The fraction of sp³-hybridized carbons (Fsp3) is 0.235. The molecule has 1 atom stereocenters. The van der Waals surface area contributed by atoms with Crippen molar-refractivity contribution < 1.29 is 18.7 Å². The first kappa shape index (κ1) is 14.7. The highest BCUT2D eigenvalue weighted by molar-refractivity contribution is 5.96. The maximum Gasteiger partial charge on any atom is 0.231 e. The van der Waals surface area contributed by atoms with Gasteiger partial charge in [0.25, 0.3) is 0 Å². The van der Waals surface area contributed by atoms with Crippen molar-refractivity contribution in [3.8, 4) is 0 Å². The van der Waals surface area contributed by atoms with E-state index in [4.69, 9.17) is 0 Å². The van der Waals surface area contributed by atoms with Crippen LogP contribution in [0.1, 0.15) is 23.7 Å². The zero-order valence-corrected chi connectivity index (χ0v) is 11.8. The highest BCUT2D eigenvalue weighted by atomic mass is 19.1.